The molecular formula is C22H34ClN3O2. The van der Waals surface area contributed by atoms with E-state index in [1.54, 1.807) is 0 Å². The number of fused-ring (bicyclic) bond motifs is 3. The van der Waals surface area contributed by atoms with E-state index in [0.29, 0.717) is 6.42 Å². The van der Waals surface area contributed by atoms with Gasteiger partial charge in [0.15, 0.2) is 0 Å². The molecule has 3 aliphatic rings. The first-order chi connectivity index (χ1) is 13.0. The predicted octanol–water partition coefficient (Wildman–Crippen LogP) is 2.74. The van der Waals surface area contributed by atoms with Gasteiger partial charge < -0.3 is 19.9 Å². The summed E-state index contributed by atoms with van der Waals surface area (Å²) in [4.78, 5) is 17.4. The number of rotatable bonds is 4. The molecule has 1 aliphatic carbocycles. The number of amides is 1. The maximum Gasteiger partial charge on any atom is 0.221 e. The van der Waals surface area contributed by atoms with Crippen LogP contribution in [0.3, 0.4) is 0 Å². The molecule has 1 saturated heterocycles. The Morgan fingerprint density at radius 2 is 2.04 bits per heavy atom. The summed E-state index contributed by atoms with van der Waals surface area (Å²) in [5.41, 5.74) is 2.61. The first-order valence-corrected chi connectivity index (χ1v) is 10.4. The number of hydrogen-bond acceptors (Lipinski definition) is 4. The Hall–Kier alpha value is -1.30. The summed E-state index contributed by atoms with van der Waals surface area (Å²) in [6.07, 6.45) is 3.90. The van der Waals surface area contributed by atoms with Gasteiger partial charge in [0, 0.05) is 50.1 Å². The average Bonchev–Trinajstić information content (AvgIpc) is 2.94. The Balaban J connectivity index is 0.00000225. The molecule has 0 radical (unpaired) electrons. The summed E-state index contributed by atoms with van der Waals surface area (Å²) in [5.74, 6) is 1.17. The Morgan fingerprint density at radius 3 is 2.79 bits per heavy atom. The van der Waals surface area contributed by atoms with Crippen LogP contribution in [0.1, 0.15) is 43.7 Å². The van der Waals surface area contributed by atoms with E-state index < -0.39 is 0 Å². The van der Waals surface area contributed by atoms with Gasteiger partial charge in [0.1, 0.15) is 11.9 Å². The summed E-state index contributed by atoms with van der Waals surface area (Å²) in [6, 6.07) is 6.59. The number of likely N-dealkylation sites (N-methyl/N-ethyl adjacent to an activating group) is 1. The van der Waals surface area contributed by atoms with E-state index in [4.69, 9.17) is 4.74 Å². The molecule has 2 fully saturated rings. The molecule has 6 heteroatoms. The van der Waals surface area contributed by atoms with Gasteiger partial charge in [-0.1, -0.05) is 31.0 Å². The number of hydrogen-bond donors (Lipinski definition) is 1. The third kappa shape index (κ3) is 4.17. The quantitative estimate of drug-likeness (QED) is 0.833. The highest BCUT2D eigenvalue weighted by atomic mass is 35.5. The zero-order valence-corrected chi connectivity index (χ0v) is 18.2. The Labute approximate surface area is 175 Å². The van der Waals surface area contributed by atoms with Gasteiger partial charge in [0.25, 0.3) is 0 Å². The first-order valence-electron chi connectivity index (χ1n) is 10.4. The van der Waals surface area contributed by atoms with Crippen molar-refractivity contribution < 1.29 is 9.53 Å². The average molecular weight is 408 g/mol. The lowest BCUT2D eigenvalue weighted by atomic mass is 9.68. The molecule has 1 aromatic rings. The molecule has 5 nitrogen and oxygen atoms in total. The van der Waals surface area contributed by atoms with E-state index in [2.05, 4.69) is 54.2 Å². The van der Waals surface area contributed by atoms with Crippen molar-refractivity contribution in [1.82, 2.24) is 15.1 Å². The number of piperazine rings is 1. The lowest BCUT2D eigenvalue weighted by Crippen LogP contribution is -2.55. The van der Waals surface area contributed by atoms with Crippen LogP contribution in [0.25, 0.3) is 0 Å². The summed E-state index contributed by atoms with van der Waals surface area (Å²) in [5, 5.41) is 3.31. The van der Waals surface area contributed by atoms with Gasteiger partial charge in [0.2, 0.25) is 5.91 Å². The largest absolute Gasteiger partial charge is 0.487 e. The second-order valence-electron chi connectivity index (χ2n) is 8.92. The van der Waals surface area contributed by atoms with Gasteiger partial charge in [-0.15, -0.1) is 12.4 Å². The highest BCUT2D eigenvalue weighted by Gasteiger charge is 2.51. The van der Waals surface area contributed by atoms with Gasteiger partial charge in [-0.2, -0.15) is 0 Å². The lowest BCUT2D eigenvalue weighted by Gasteiger charge is -2.40. The predicted molar refractivity (Wildman–Crippen MR) is 115 cm³/mol. The van der Waals surface area contributed by atoms with Crippen LogP contribution in [0.2, 0.25) is 0 Å². The highest BCUT2D eigenvalue weighted by molar-refractivity contribution is 5.85. The Kier molecular flexibility index (Phi) is 6.58. The minimum absolute atomic E-state index is 0. The van der Waals surface area contributed by atoms with Crippen molar-refractivity contribution in [2.24, 2.45) is 0 Å². The molecule has 2 aliphatic heterocycles. The van der Waals surface area contributed by atoms with Crippen molar-refractivity contribution >= 4 is 18.3 Å². The molecule has 1 aromatic carbocycles. The van der Waals surface area contributed by atoms with Crippen LogP contribution in [-0.4, -0.2) is 67.6 Å². The number of carbonyl (C=O) groups is 1. The van der Waals surface area contributed by atoms with Gasteiger partial charge in [-0.3, -0.25) is 4.79 Å². The normalized spacial score (nSPS) is 30.0. The summed E-state index contributed by atoms with van der Waals surface area (Å²) < 4.78 is 6.36. The number of nitrogens with zero attached hydrogens (tertiary/aromatic N) is 2. The maximum atomic E-state index is 12.6. The van der Waals surface area contributed by atoms with Crippen LogP contribution in [0.15, 0.2) is 18.2 Å². The van der Waals surface area contributed by atoms with E-state index >= 15 is 0 Å². The molecule has 3 atom stereocenters. The molecule has 0 spiro atoms. The van der Waals surface area contributed by atoms with Crippen LogP contribution in [0, 0.1) is 6.92 Å². The van der Waals surface area contributed by atoms with E-state index in [-0.39, 0.29) is 35.9 Å². The number of benzene rings is 1. The van der Waals surface area contributed by atoms with Gasteiger partial charge in [0.05, 0.1) is 6.04 Å². The molecule has 1 amide bonds. The van der Waals surface area contributed by atoms with Crippen molar-refractivity contribution in [3.8, 4) is 5.75 Å². The van der Waals surface area contributed by atoms with Gasteiger partial charge >= 0.3 is 0 Å². The fourth-order valence-corrected chi connectivity index (χ4v) is 5.01. The molecule has 0 aromatic heterocycles. The first kappa shape index (κ1) is 21.4. The van der Waals surface area contributed by atoms with Crippen LogP contribution < -0.4 is 10.1 Å². The molecule has 1 N–H and O–H groups in total. The van der Waals surface area contributed by atoms with E-state index in [1.807, 2.05) is 0 Å². The van der Waals surface area contributed by atoms with Gasteiger partial charge in [-0.25, -0.2) is 0 Å². The highest BCUT2D eigenvalue weighted by Crippen LogP contribution is 2.50. The van der Waals surface area contributed by atoms with Crippen LogP contribution >= 0.6 is 12.4 Å². The van der Waals surface area contributed by atoms with Crippen molar-refractivity contribution in [1.29, 1.82) is 0 Å². The fraction of sp³-hybridized carbons (Fsp3) is 0.682. The molecule has 1 saturated carbocycles. The molecule has 4 rings (SSSR count). The fourth-order valence-electron chi connectivity index (χ4n) is 5.01. The van der Waals surface area contributed by atoms with Crippen LogP contribution in [-0.2, 0) is 10.2 Å². The summed E-state index contributed by atoms with van der Waals surface area (Å²) in [7, 11) is 2.16. The Bertz CT molecular complexity index is 705. The second-order valence-corrected chi connectivity index (χ2v) is 8.92. The van der Waals surface area contributed by atoms with Crippen LogP contribution in [0.4, 0.5) is 0 Å². The molecule has 0 bridgehead atoms. The van der Waals surface area contributed by atoms with E-state index in [1.165, 1.54) is 11.1 Å². The lowest BCUT2D eigenvalue weighted by molar-refractivity contribution is -0.123. The van der Waals surface area contributed by atoms with Crippen molar-refractivity contribution in [2.45, 2.75) is 57.1 Å². The third-order valence-corrected chi connectivity index (χ3v) is 6.81. The minimum Gasteiger partial charge on any atom is -0.487 e. The number of carbonyl (C=O) groups excluding carboxylic acids is 1. The third-order valence-electron chi connectivity index (χ3n) is 6.81. The number of halogens is 1. The smallest absolute Gasteiger partial charge is 0.221 e. The standard InChI is InChI=1S/C22H33N3O2.ClH/c1-16-6-7-19-17(15-16)22(2)9-4-5-18(21(22)27-19)23-20(26)8-10-25-13-11-24(3)12-14-25;/h6-7,15,18,21H,4-5,8-14H2,1-3H3,(H,23,26);1H/t18-,21-,22-;/m0./s1. The van der Waals surface area contributed by atoms with Gasteiger partial charge in [-0.05, 0) is 32.9 Å². The number of ether oxygens (including phenoxy) is 1. The molecule has 28 heavy (non-hydrogen) atoms. The van der Waals surface area contributed by atoms with Crippen LogP contribution in [0.5, 0.6) is 5.75 Å². The zero-order valence-electron chi connectivity index (χ0n) is 17.4. The molecular weight excluding hydrogens is 374 g/mol. The monoisotopic (exact) mass is 407 g/mol. The maximum absolute atomic E-state index is 12.6. The topological polar surface area (TPSA) is 44.8 Å². The van der Waals surface area contributed by atoms with Crippen molar-refractivity contribution in [2.75, 3.05) is 39.8 Å². The molecule has 2 heterocycles. The second kappa shape index (κ2) is 8.60. The van der Waals surface area contributed by atoms with E-state index in [0.717, 1.165) is 57.7 Å². The van der Waals surface area contributed by atoms with Crippen molar-refractivity contribution in [3.05, 3.63) is 29.3 Å². The number of aryl methyl sites for hydroxylation is 1. The van der Waals surface area contributed by atoms with E-state index in [9.17, 15) is 4.79 Å². The molecule has 156 valence electrons. The Morgan fingerprint density at radius 1 is 1.29 bits per heavy atom. The summed E-state index contributed by atoms with van der Waals surface area (Å²) in [6.45, 7) is 9.61. The van der Waals surface area contributed by atoms with Crippen molar-refractivity contribution in [3.63, 3.8) is 0 Å². The summed E-state index contributed by atoms with van der Waals surface area (Å²) >= 11 is 0. The molecule has 0 unspecified atom stereocenters. The number of nitrogens with one attached hydrogen (secondary N) is 1. The SMILES string of the molecule is Cc1ccc2c(c1)[C@]1(C)CCC[C@H](NC(=O)CCN3CCN(C)CC3)[C@@H]1O2.Cl. The minimum atomic E-state index is 0. The zero-order chi connectivity index (χ0) is 19.0.